The SMILES string of the molecule is CCn1cc(C(=O)O)c(=O)c2cc(F)c(N3CCNCC3)nc21.O=C(O)/C=C\C(=O)O. The molecule has 2 aromatic rings. The summed E-state index contributed by atoms with van der Waals surface area (Å²) < 4.78 is 16.0. The molecule has 1 fully saturated rings. The van der Waals surface area contributed by atoms with Crippen LogP contribution in [0.25, 0.3) is 11.0 Å². The van der Waals surface area contributed by atoms with Crippen LogP contribution in [0, 0.1) is 5.82 Å². The molecule has 3 rings (SSSR count). The maximum Gasteiger partial charge on any atom is 0.341 e. The van der Waals surface area contributed by atoms with Gasteiger partial charge in [-0.2, -0.15) is 0 Å². The van der Waals surface area contributed by atoms with Gasteiger partial charge in [0, 0.05) is 51.1 Å². The number of nitrogens with zero attached hydrogens (tertiary/aromatic N) is 3. The first kappa shape index (κ1) is 23.5. The van der Waals surface area contributed by atoms with E-state index in [2.05, 4.69) is 10.3 Å². The van der Waals surface area contributed by atoms with E-state index < -0.39 is 29.2 Å². The van der Waals surface area contributed by atoms with Crippen LogP contribution in [0.5, 0.6) is 0 Å². The second kappa shape index (κ2) is 10.3. The normalized spacial score (nSPS) is 13.7. The lowest BCUT2D eigenvalue weighted by atomic mass is 10.2. The lowest BCUT2D eigenvalue weighted by Gasteiger charge is -2.29. The summed E-state index contributed by atoms with van der Waals surface area (Å²) in [5, 5.41) is 27.9. The lowest BCUT2D eigenvalue weighted by Crippen LogP contribution is -2.44. The minimum atomic E-state index is -1.33. The van der Waals surface area contributed by atoms with Crippen molar-refractivity contribution in [1.82, 2.24) is 14.9 Å². The molecule has 1 aliphatic rings. The van der Waals surface area contributed by atoms with E-state index in [9.17, 15) is 23.6 Å². The second-order valence-electron chi connectivity index (χ2n) is 6.37. The molecular weight excluding hydrogens is 415 g/mol. The van der Waals surface area contributed by atoms with E-state index in [0.29, 0.717) is 37.4 Å². The highest BCUT2D eigenvalue weighted by Crippen LogP contribution is 2.21. The summed E-state index contributed by atoms with van der Waals surface area (Å²) in [5.41, 5.74) is -0.789. The number of carboxylic acid groups (broad SMARTS) is 3. The molecule has 0 bridgehead atoms. The summed E-state index contributed by atoms with van der Waals surface area (Å²) in [6, 6.07) is 1.10. The van der Waals surface area contributed by atoms with Gasteiger partial charge in [0.25, 0.3) is 0 Å². The van der Waals surface area contributed by atoms with Gasteiger partial charge in [0.15, 0.2) is 11.6 Å². The topological polar surface area (TPSA) is 162 Å². The fourth-order valence-corrected chi connectivity index (χ4v) is 2.91. The third-order valence-electron chi connectivity index (χ3n) is 4.34. The van der Waals surface area contributed by atoms with Crippen molar-refractivity contribution in [3.05, 3.63) is 46.0 Å². The van der Waals surface area contributed by atoms with Crippen LogP contribution < -0.4 is 15.6 Å². The van der Waals surface area contributed by atoms with Gasteiger partial charge in [-0.15, -0.1) is 0 Å². The van der Waals surface area contributed by atoms with Crippen LogP contribution in [0.15, 0.2) is 29.2 Å². The summed E-state index contributed by atoms with van der Waals surface area (Å²) in [7, 11) is 0. The number of aliphatic carboxylic acids is 2. The third kappa shape index (κ3) is 5.85. The number of aromatic carboxylic acids is 1. The summed E-state index contributed by atoms with van der Waals surface area (Å²) in [6.45, 7) is 4.95. The molecule has 0 aromatic carbocycles. The third-order valence-corrected chi connectivity index (χ3v) is 4.34. The van der Waals surface area contributed by atoms with E-state index in [-0.39, 0.29) is 16.8 Å². The van der Waals surface area contributed by atoms with E-state index in [1.165, 1.54) is 6.20 Å². The standard InChI is InChI=1S/C15H17FN4O3.C4H4O4/c1-2-19-8-10(15(22)23)12(21)9-7-11(16)14(18-13(9)19)20-5-3-17-4-6-20;5-3(6)1-2-4(7)8/h7-8,17H,2-6H2,1H3,(H,22,23);1-2H,(H,5,6)(H,7,8)/b;2-1-. The fraction of sp³-hybridized carbons (Fsp3) is 0.316. The maximum atomic E-state index is 14.4. The Labute approximate surface area is 175 Å². The van der Waals surface area contributed by atoms with Crippen LogP contribution in [0.1, 0.15) is 17.3 Å². The van der Waals surface area contributed by atoms with Crippen molar-refractivity contribution in [2.45, 2.75) is 13.5 Å². The molecule has 31 heavy (non-hydrogen) atoms. The molecule has 4 N–H and O–H groups in total. The molecule has 12 heteroatoms. The molecular formula is C19H21FN4O7. The zero-order valence-electron chi connectivity index (χ0n) is 16.5. The minimum absolute atomic E-state index is 0.0110. The molecule has 11 nitrogen and oxygen atoms in total. The van der Waals surface area contributed by atoms with Crippen LogP contribution in [0.2, 0.25) is 0 Å². The van der Waals surface area contributed by atoms with Gasteiger partial charge < -0.3 is 30.1 Å². The molecule has 3 heterocycles. The predicted octanol–water partition coefficient (Wildman–Crippen LogP) is 0.375. The smallest absolute Gasteiger partial charge is 0.341 e. The Morgan fingerprint density at radius 1 is 1.16 bits per heavy atom. The molecule has 166 valence electrons. The molecule has 0 unspecified atom stereocenters. The fourth-order valence-electron chi connectivity index (χ4n) is 2.91. The highest BCUT2D eigenvalue weighted by Gasteiger charge is 2.21. The van der Waals surface area contributed by atoms with Gasteiger partial charge in [-0.25, -0.2) is 23.8 Å². The average Bonchev–Trinajstić information content (AvgIpc) is 2.73. The Balaban J connectivity index is 0.000000366. The minimum Gasteiger partial charge on any atom is -0.478 e. The van der Waals surface area contributed by atoms with Crippen molar-refractivity contribution < 1.29 is 34.1 Å². The Kier molecular flexibility index (Phi) is 7.80. The van der Waals surface area contributed by atoms with Gasteiger partial charge in [-0.05, 0) is 13.0 Å². The van der Waals surface area contributed by atoms with Crippen molar-refractivity contribution in [3.8, 4) is 0 Å². The molecule has 0 aliphatic carbocycles. The van der Waals surface area contributed by atoms with Crippen LogP contribution in [-0.2, 0) is 16.1 Å². The van der Waals surface area contributed by atoms with E-state index in [4.69, 9.17) is 15.3 Å². The van der Waals surface area contributed by atoms with Gasteiger partial charge in [-0.1, -0.05) is 0 Å². The molecule has 0 radical (unpaired) electrons. The number of hydrogen-bond acceptors (Lipinski definition) is 7. The first-order valence-electron chi connectivity index (χ1n) is 9.22. The first-order valence-corrected chi connectivity index (χ1v) is 9.22. The van der Waals surface area contributed by atoms with Crippen molar-refractivity contribution in [1.29, 1.82) is 0 Å². The van der Waals surface area contributed by atoms with Crippen molar-refractivity contribution in [2.24, 2.45) is 0 Å². The summed E-state index contributed by atoms with van der Waals surface area (Å²) in [4.78, 5) is 48.7. The Morgan fingerprint density at radius 2 is 1.74 bits per heavy atom. The molecule has 0 spiro atoms. The number of nitrogens with one attached hydrogen (secondary N) is 1. The predicted molar refractivity (Wildman–Crippen MR) is 108 cm³/mol. The molecule has 0 atom stereocenters. The highest BCUT2D eigenvalue weighted by molar-refractivity contribution is 5.92. The molecule has 0 saturated carbocycles. The number of pyridine rings is 2. The average molecular weight is 436 g/mol. The number of piperazine rings is 1. The molecule has 0 amide bonds. The lowest BCUT2D eigenvalue weighted by molar-refractivity contribution is -0.134. The summed E-state index contributed by atoms with van der Waals surface area (Å²) >= 11 is 0. The number of aromatic nitrogens is 2. The Morgan fingerprint density at radius 3 is 2.23 bits per heavy atom. The highest BCUT2D eigenvalue weighted by atomic mass is 19.1. The van der Waals surface area contributed by atoms with Gasteiger partial charge in [-0.3, -0.25) is 4.79 Å². The van der Waals surface area contributed by atoms with Gasteiger partial charge in [0.1, 0.15) is 11.2 Å². The number of aryl methyl sites for hydroxylation is 1. The van der Waals surface area contributed by atoms with Crippen molar-refractivity contribution in [3.63, 3.8) is 0 Å². The number of carbonyl (C=O) groups is 3. The number of halogens is 1. The number of anilines is 1. The maximum absolute atomic E-state index is 14.4. The van der Waals surface area contributed by atoms with Crippen molar-refractivity contribution in [2.75, 3.05) is 31.1 Å². The first-order chi connectivity index (χ1) is 14.6. The number of fused-ring (bicyclic) bond motifs is 1. The van der Waals surface area contributed by atoms with E-state index in [1.54, 1.807) is 4.57 Å². The summed E-state index contributed by atoms with van der Waals surface area (Å²) in [6.07, 6.45) is 2.38. The quantitative estimate of drug-likeness (QED) is 0.482. The van der Waals surface area contributed by atoms with Crippen LogP contribution in [0.4, 0.5) is 10.2 Å². The Hall–Kier alpha value is -3.80. The zero-order chi connectivity index (χ0) is 23.1. The second-order valence-corrected chi connectivity index (χ2v) is 6.37. The molecule has 1 aliphatic heterocycles. The largest absolute Gasteiger partial charge is 0.478 e. The monoisotopic (exact) mass is 436 g/mol. The Bertz CT molecular complexity index is 1070. The number of hydrogen-bond donors (Lipinski definition) is 4. The van der Waals surface area contributed by atoms with Gasteiger partial charge in [0.2, 0.25) is 5.43 Å². The van der Waals surface area contributed by atoms with Crippen LogP contribution in [-0.4, -0.2) is 69.0 Å². The zero-order valence-corrected chi connectivity index (χ0v) is 16.5. The number of carboxylic acids is 3. The van der Waals surface area contributed by atoms with Crippen LogP contribution >= 0.6 is 0 Å². The van der Waals surface area contributed by atoms with Crippen molar-refractivity contribution >= 4 is 34.8 Å². The number of rotatable bonds is 5. The van der Waals surface area contributed by atoms with Gasteiger partial charge >= 0.3 is 17.9 Å². The molecule has 2 aromatic heterocycles. The van der Waals surface area contributed by atoms with Gasteiger partial charge in [0.05, 0.1) is 5.39 Å². The van der Waals surface area contributed by atoms with E-state index in [1.807, 2.05) is 11.8 Å². The van der Waals surface area contributed by atoms with Crippen LogP contribution in [0.3, 0.4) is 0 Å². The van der Waals surface area contributed by atoms with E-state index in [0.717, 1.165) is 19.2 Å². The van der Waals surface area contributed by atoms with E-state index >= 15 is 0 Å². The molecule has 1 saturated heterocycles. The summed E-state index contributed by atoms with van der Waals surface area (Å²) in [5.74, 6) is -4.25.